The van der Waals surface area contributed by atoms with Gasteiger partial charge < -0.3 is 23.7 Å². The Morgan fingerprint density at radius 3 is 2.17 bits per heavy atom. The first-order valence-corrected chi connectivity index (χ1v) is 20.1. The van der Waals surface area contributed by atoms with Gasteiger partial charge >= 0.3 is 17.9 Å². The standard InChI is InChI=1S/C45H45N3O9S/c1-3-42(50)54-27-11-5-4-10-26-53-35-20-22-36(23-21-35)56-43(51)32-16-18-33(19-17-32)44(52)57-40-25-24-37(55-30-49)28-34(40)29-46-48(39-14-8-6-12-31(39)2)45-47-38-13-7-9-15-41(38)58-45/h3,6-9,12-15,20-25,28-30,32-33H,1,4-5,10-11,16-19,26-27H2,2H3/b46-29+. The van der Waals surface area contributed by atoms with Crippen LogP contribution in [0.4, 0.5) is 10.8 Å². The molecule has 58 heavy (non-hydrogen) atoms. The lowest BCUT2D eigenvalue weighted by Crippen LogP contribution is -2.30. The van der Waals surface area contributed by atoms with Crippen LogP contribution in [0.3, 0.4) is 0 Å². The number of unbranched alkanes of at least 4 members (excludes halogenated alkanes) is 3. The predicted molar refractivity (Wildman–Crippen MR) is 222 cm³/mol. The van der Waals surface area contributed by atoms with Gasteiger partial charge in [-0.1, -0.05) is 48.2 Å². The normalized spacial score (nSPS) is 15.1. The molecule has 1 aliphatic rings. The van der Waals surface area contributed by atoms with E-state index in [2.05, 4.69) is 6.58 Å². The molecule has 1 heterocycles. The average molecular weight is 804 g/mol. The molecule has 0 spiro atoms. The number of hydrogen-bond donors (Lipinski definition) is 0. The Hall–Kier alpha value is -6.34. The molecule has 1 saturated carbocycles. The number of hydrazone groups is 1. The summed E-state index contributed by atoms with van der Waals surface area (Å²) in [7, 11) is 0. The van der Waals surface area contributed by atoms with E-state index in [1.807, 2.05) is 55.5 Å². The van der Waals surface area contributed by atoms with Gasteiger partial charge in [0.15, 0.2) is 0 Å². The minimum absolute atomic E-state index is 0.249. The summed E-state index contributed by atoms with van der Waals surface area (Å²) in [6.07, 6.45) is 8.11. The van der Waals surface area contributed by atoms with Crippen molar-refractivity contribution in [3.63, 3.8) is 0 Å². The topological polar surface area (TPSA) is 143 Å². The molecule has 4 aromatic carbocycles. The molecule has 0 bridgehead atoms. The molecule has 0 radical (unpaired) electrons. The molecule has 1 fully saturated rings. The van der Waals surface area contributed by atoms with Gasteiger partial charge in [0.25, 0.3) is 6.47 Å². The van der Waals surface area contributed by atoms with Crippen molar-refractivity contribution in [2.75, 3.05) is 18.2 Å². The van der Waals surface area contributed by atoms with E-state index in [0.29, 0.717) is 67.6 Å². The Morgan fingerprint density at radius 1 is 0.810 bits per heavy atom. The quantitative estimate of drug-likeness (QED) is 0.0150. The van der Waals surface area contributed by atoms with Gasteiger partial charge in [0.2, 0.25) is 5.13 Å². The molecular formula is C45H45N3O9S. The van der Waals surface area contributed by atoms with Gasteiger partial charge in [0.05, 0.1) is 47.2 Å². The summed E-state index contributed by atoms with van der Waals surface area (Å²) in [4.78, 5) is 53.7. The zero-order chi connectivity index (χ0) is 40.7. The summed E-state index contributed by atoms with van der Waals surface area (Å²) in [5, 5.41) is 7.21. The first-order valence-electron chi connectivity index (χ1n) is 19.3. The number of para-hydroxylation sites is 2. The summed E-state index contributed by atoms with van der Waals surface area (Å²) in [6, 6.07) is 27.3. The second kappa shape index (κ2) is 20.7. The van der Waals surface area contributed by atoms with E-state index in [1.165, 1.54) is 11.3 Å². The molecule has 0 N–H and O–H groups in total. The van der Waals surface area contributed by atoms with E-state index in [9.17, 15) is 19.2 Å². The van der Waals surface area contributed by atoms with Crippen molar-refractivity contribution in [1.29, 1.82) is 0 Å². The number of benzene rings is 4. The third-order valence-electron chi connectivity index (χ3n) is 9.65. The largest absolute Gasteiger partial charge is 0.494 e. The van der Waals surface area contributed by atoms with E-state index >= 15 is 0 Å². The number of aromatic nitrogens is 1. The van der Waals surface area contributed by atoms with Gasteiger partial charge in [0, 0.05) is 11.6 Å². The second-order valence-corrected chi connectivity index (χ2v) is 14.7. The Balaban J connectivity index is 1.02. The molecule has 0 unspecified atom stereocenters. The maximum Gasteiger partial charge on any atom is 0.330 e. The molecular weight excluding hydrogens is 759 g/mol. The van der Waals surface area contributed by atoms with Crippen molar-refractivity contribution in [3.8, 4) is 23.0 Å². The first-order chi connectivity index (χ1) is 28.3. The summed E-state index contributed by atoms with van der Waals surface area (Å²) in [6.45, 7) is 6.62. The lowest BCUT2D eigenvalue weighted by atomic mass is 9.82. The zero-order valence-electron chi connectivity index (χ0n) is 32.2. The predicted octanol–water partition coefficient (Wildman–Crippen LogP) is 9.30. The van der Waals surface area contributed by atoms with Gasteiger partial charge in [-0.3, -0.25) is 14.4 Å². The van der Waals surface area contributed by atoms with Gasteiger partial charge in [0.1, 0.15) is 23.0 Å². The van der Waals surface area contributed by atoms with Crippen LogP contribution in [0.5, 0.6) is 23.0 Å². The first kappa shape index (κ1) is 41.3. The van der Waals surface area contributed by atoms with Crippen molar-refractivity contribution in [2.45, 2.75) is 58.3 Å². The number of ether oxygens (including phenoxy) is 5. The van der Waals surface area contributed by atoms with Crippen LogP contribution in [0.15, 0.2) is 109 Å². The van der Waals surface area contributed by atoms with Crippen LogP contribution in [0.1, 0.15) is 62.5 Å². The second-order valence-electron chi connectivity index (χ2n) is 13.7. The lowest BCUT2D eigenvalue weighted by molar-refractivity contribution is -0.145. The fraction of sp³-hybridized carbons (Fsp3) is 0.289. The summed E-state index contributed by atoms with van der Waals surface area (Å²) in [5.41, 5.74) is 3.06. The summed E-state index contributed by atoms with van der Waals surface area (Å²) >= 11 is 1.49. The van der Waals surface area contributed by atoms with Crippen LogP contribution in [-0.4, -0.2) is 48.8 Å². The van der Waals surface area contributed by atoms with Crippen LogP contribution >= 0.6 is 11.3 Å². The highest BCUT2D eigenvalue weighted by molar-refractivity contribution is 7.22. The zero-order valence-corrected chi connectivity index (χ0v) is 33.1. The Kier molecular flexibility index (Phi) is 14.7. The molecule has 0 amide bonds. The molecule has 0 atom stereocenters. The molecule has 300 valence electrons. The number of aryl methyl sites for hydroxylation is 1. The fourth-order valence-corrected chi connectivity index (χ4v) is 7.41. The number of thiazole rings is 1. The third-order valence-corrected chi connectivity index (χ3v) is 10.7. The van der Waals surface area contributed by atoms with Gasteiger partial charge in [-0.05, 0) is 125 Å². The Bertz CT molecular complexity index is 2200. The van der Waals surface area contributed by atoms with Crippen molar-refractivity contribution in [2.24, 2.45) is 16.9 Å². The number of carbonyl (C=O) groups excluding carboxylic acids is 4. The van der Waals surface area contributed by atoms with E-state index in [4.69, 9.17) is 33.8 Å². The maximum atomic E-state index is 13.5. The number of esters is 3. The van der Waals surface area contributed by atoms with Crippen molar-refractivity contribution in [1.82, 2.24) is 4.98 Å². The van der Waals surface area contributed by atoms with E-state index in [-0.39, 0.29) is 23.4 Å². The van der Waals surface area contributed by atoms with E-state index in [0.717, 1.165) is 53.2 Å². The SMILES string of the molecule is C=CC(=O)OCCCCCCOc1ccc(OC(=O)C2CCC(C(=O)Oc3ccc(OC=O)cc3/C=N/N(c3nc4ccccc4s3)c3ccccc3C)CC2)cc1. The molecule has 1 aromatic heterocycles. The molecule has 0 saturated heterocycles. The minimum atomic E-state index is -0.419. The number of hydrogen-bond acceptors (Lipinski definition) is 13. The average Bonchev–Trinajstić information content (AvgIpc) is 3.68. The van der Waals surface area contributed by atoms with Gasteiger partial charge in [-0.25, -0.2) is 14.8 Å². The molecule has 13 heteroatoms. The van der Waals surface area contributed by atoms with Gasteiger partial charge in [-0.2, -0.15) is 5.10 Å². The monoisotopic (exact) mass is 803 g/mol. The molecule has 6 rings (SSSR count). The molecule has 5 aromatic rings. The number of rotatable bonds is 19. The highest BCUT2D eigenvalue weighted by Gasteiger charge is 2.32. The minimum Gasteiger partial charge on any atom is -0.494 e. The molecule has 12 nitrogen and oxygen atoms in total. The smallest absolute Gasteiger partial charge is 0.330 e. The van der Waals surface area contributed by atoms with Crippen molar-refractivity contribution in [3.05, 3.63) is 115 Å². The Labute approximate surface area is 341 Å². The van der Waals surface area contributed by atoms with Crippen LogP contribution in [-0.2, 0) is 23.9 Å². The highest BCUT2D eigenvalue weighted by atomic mass is 32.1. The fourth-order valence-electron chi connectivity index (χ4n) is 6.47. The Morgan fingerprint density at radius 2 is 1.47 bits per heavy atom. The number of nitrogens with zero attached hydrogens (tertiary/aromatic N) is 3. The summed E-state index contributed by atoms with van der Waals surface area (Å²) < 4.78 is 28.5. The number of anilines is 2. The summed E-state index contributed by atoms with van der Waals surface area (Å²) in [5.74, 6) is -0.323. The highest BCUT2D eigenvalue weighted by Crippen LogP contribution is 2.36. The molecule has 1 aliphatic carbocycles. The maximum absolute atomic E-state index is 13.5. The molecule has 0 aliphatic heterocycles. The van der Waals surface area contributed by atoms with Crippen molar-refractivity contribution >= 4 is 63.0 Å². The van der Waals surface area contributed by atoms with E-state index < -0.39 is 17.9 Å². The van der Waals surface area contributed by atoms with Crippen LogP contribution in [0.25, 0.3) is 10.2 Å². The van der Waals surface area contributed by atoms with Gasteiger partial charge in [-0.15, -0.1) is 0 Å². The van der Waals surface area contributed by atoms with Crippen molar-refractivity contribution < 1.29 is 42.9 Å². The number of carbonyl (C=O) groups is 4. The lowest BCUT2D eigenvalue weighted by Gasteiger charge is -2.26. The number of fused-ring (bicyclic) bond motifs is 1. The van der Waals surface area contributed by atoms with Crippen LogP contribution < -0.4 is 24.0 Å². The van der Waals surface area contributed by atoms with E-state index in [1.54, 1.807) is 53.7 Å². The third kappa shape index (κ3) is 11.4. The van der Waals surface area contributed by atoms with Crippen LogP contribution in [0.2, 0.25) is 0 Å². The van der Waals surface area contributed by atoms with Crippen LogP contribution in [0, 0.1) is 18.8 Å².